The predicted octanol–water partition coefficient (Wildman–Crippen LogP) is 17.7. The van der Waals surface area contributed by atoms with Crippen molar-refractivity contribution in [3.05, 3.63) is 85.1 Å². The maximum atomic E-state index is 12.8. The lowest BCUT2D eigenvalue weighted by molar-refractivity contribution is -0.163. The second-order valence-electron chi connectivity index (χ2n) is 17.0. The predicted molar refractivity (Wildman–Crippen MR) is 270 cm³/mol. The van der Waals surface area contributed by atoms with E-state index < -0.39 is 6.10 Å². The SMILES string of the molecule is CC/C=C\C/C=C\C/C=C\CCCCCCCCCC(=O)OCC(COCCCCCCCC/C=C\C/C=C\CCCCC)OC(=O)CCCCCCC/C=C\C/C=C\CCC. The monoisotopic (exact) mass is 863 g/mol. The number of hydrogen-bond donors (Lipinski definition) is 0. The van der Waals surface area contributed by atoms with E-state index in [9.17, 15) is 9.59 Å². The number of rotatable bonds is 47. The van der Waals surface area contributed by atoms with E-state index in [0.717, 1.165) is 103 Å². The van der Waals surface area contributed by atoms with Crippen LogP contribution >= 0.6 is 0 Å². The average molecular weight is 863 g/mol. The van der Waals surface area contributed by atoms with Crippen LogP contribution in [-0.2, 0) is 23.8 Å². The number of unbranched alkanes of at least 4 members (excludes halogenated alkanes) is 22. The van der Waals surface area contributed by atoms with E-state index in [1.54, 1.807) is 0 Å². The van der Waals surface area contributed by atoms with Gasteiger partial charge in [0.1, 0.15) is 6.61 Å². The van der Waals surface area contributed by atoms with Crippen LogP contribution in [0.2, 0.25) is 0 Å². The van der Waals surface area contributed by atoms with E-state index in [1.807, 2.05) is 0 Å². The van der Waals surface area contributed by atoms with Gasteiger partial charge >= 0.3 is 11.9 Å². The standard InChI is InChI=1S/C57H98O5/c1-4-7-10-13-16-19-22-25-27-29-30-33-35-38-41-44-47-50-56(58)61-54-55(62-57(59)51-48-45-42-39-36-32-24-21-18-15-12-9-6-3)53-60-52-49-46-43-40-37-34-31-28-26-23-20-17-14-11-8-5-2/h7,10,12,15-17,19-21,24-28,55H,4-6,8-9,11,13-14,18,22-23,29-54H2,1-3H3/b10-7-,15-12-,19-16-,20-17-,24-21-,27-25-,28-26-. The molecule has 0 saturated carbocycles. The second kappa shape index (κ2) is 52.4. The molecule has 0 heterocycles. The molecule has 1 unspecified atom stereocenters. The van der Waals surface area contributed by atoms with Crippen LogP contribution in [0.5, 0.6) is 0 Å². The summed E-state index contributed by atoms with van der Waals surface area (Å²) >= 11 is 0. The van der Waals surface area contributed by atoms with Gasteiger partial charge in [0.2, 0.25) is 0 Å². The lowest BCUT2D eigenvalue weighted by atomic mass is 10.1. The van der Waals surface area contributed by atoms with Crippen molar-refractivity contribution in [2.45, 2.75) is 245 Å². The number of esters is 2. The van der Waals surface area contributed by atoms with Crippen LogP contribution in [0.4, 0.5) is 0 Å². The molecular weight excluding hydrogens is 765 g/mol. The summed E-state index contributed by atoms with van der Waals surface area (Å²) in [4.78, 5) is 25.4. The van der Waals surface area contributed by atoms with Crippen molar-refractivity contribution in [1.82, 2.24) is 0 Å². The minimum atomic E-state index is -0.557. The molecule has 1 atom stereocenters. The fourth-order valence-electron chi connectivity index (χ4n) is 7.00. The first-order valence-corrected chi connectivity index (χ1v) is 26.1. The van der Waals surface area contributed by atoms with Crippen molar-refractivity contribution in [2.24, 2.45) is 0 Å². The number of carbonyl (C=O) groups excluding carboxylic acids is 2. The fourth-order valence-corrected chi connectivity index (χ4v) is 7.00. The highest BCUT2D eigenvalue weighted by Crippen LogP contribution is 2.13. The summed E-state index contributed by atoms with van der Waals surface area (Å²) in [6.07, 6.45) is 68.7. The highest BCUT2D eigenvalue weighted by Gasteiger charge is 2.17. The molecule has 0 aliphatic heterocycles. The molecule has 0 bridgehead atoms. The van der Waals surface area contributed by atoms with Gasteiger partial charge in [-0.25, -0.2) is 0 Å². The van der Waals surface area contributed by atoms with Crippen LogP contribution in [0.25, 0.3) is 0 Å². The van der Waals surface area contributed by atoms with E-state index >= 15 is 0 Å². The Morgan fingerprint density at radius 2 is 0.758 bits per heavy atom. The third kappa shape index (κ3) is 49.7. The highest BCUT2D eigenvalue weighted by molar-refractivity contribution is 5.70. The van der Waals surface area contributed by atoms with E-state index in [4.69, 9.17) is 14.2 Å². The molecule has 0 aromatic rings. The molecule has 0 aliphatic rings. The van der Waals surface area contributed by atoms with Gasteiger partial charge in [0, 0.05) is 19.4 Å². The topological polar surface area (TPSA) is 61.8 Å². The molecule has 0 spiro atoms. The largest absolute Gasteiger partial charge is 0.462 e. The first kappa shape index (κ1) is 59.1. The first-order valence-electron chi connectivity index (χ1n) is 26.1. The number of carbonyl (C=O) groups is 2. The zero-order chi connectivity index (χ0) is 44.9. The van der Waals surface area contributed by atoms with Crippen molar-refractivity contribution in [3.8, 4) is 0 Å². The molecular formula is C57H98O5. The van der Waals surface area contributed by atoms with Crippen molar-refractivity contribution >= 4 is 11.9 Å². The zero-order valence-electron chi connectivity index (χ0n) is 40.9. The van der Waals surface area contributed by atoms with Crippen LogP contribution in [0, 0.1) is 0 Å². The van der Waals surface area contributed by atoms with Crippen molar-refractivity contribution in [3.63, 3.8) is 0 Å². The van der Waals surface area contributed by atoms with Gasteiger partial charge in [-0.15, -0.1) is 0 Å². The van der Waals surface area contributed by atoms with E-state index in [1.165, 1.54) is 103 Å². The van der Waals surface area contributed by atoms with Crippen molar-refractivity contribution < 1.29 is 23.8 Å². The van der Waals surface area contributed by atoms with Gasteiger partial charge in [-0.3, -0.25) is 9.59 Å². The number of ether oxygens (including phenoxy) is 3. The minimum absolute atomic E-state index is 0.0667. The smallest absolute Gasteiger partial charge is 0.306 e. The third-order valence-corrected chi connectivity index (χ3v) is 10.9. The van der Waals surface area contributed by atoms with E-state index in [2.05, 4.69) is 106 Å². The van der Waals surface area contributed by atoms with E-state index in [-0.39, 0.29) is 25.2 Å². The lowest BCUT2D eigenvalue weighted by Gasteiger charge is -2.18. The van der Waals surface area contributed by atoms with Gasteiger partial charge in [0.15, 0.2) is 6.10 Å². The fraction of sp³-hybridized carbons (Fsp3) is 0.719. The summed E-state index contributed by atoms with van der Waals surface area (Å²) in [6.45, 7) is 7.59. The van der Waals surface area contributed by atoms with Gasteiger partial charge in [0.25, 0.3) is 0 Å². The summed E-state index contributed by atoms with van der Waals surface area (Å²) in [6, 6.07) is 0. The van der Waals surface area contributed by atoms with Crippen LogP contribution in [0.15, 0.2) is 85.1 Å². The Bertz CT molecular complexity index is 1160. The van der Waals surface area contributed by atoms with E-state index in [0.29, 0.717) is 19.4 Å². The molecule has 0 aromatic carbocycles. The molecule has 0 N–H and O–H groups in total. The maximum absolute atomic E-state index is 12.8. The Hall–Kier alpha value is -2.92. The molecule has 5 nitrogen and oxygen atoms in total. The second-order valence-corrected chi connectivity index (χ2v) is 17.0. The maximum Gasteiger partial charge on any atom is 0.306 e. The zero-order valence-corrected chi connectivity index (χ0v) is 40.9. The minimum Gasteiger partial charge on any atom is -0.462 e. The Labute approximate surface area is 384 Å². The van der Waals surface area contributed by atoms with Crippen LogP contribution in [0.1, 0.15) is 239 Å². The molecule has 0 aliphatic carbocycles. The normalized spacial score (nSPS) is 12.9. The van der Waals surface area contributed by atoms with Crippen molar-refractivity contribution in [1.29, 1.82) is 0 Å². The van der Waals surface area contributed by atoms with Gasteiger partial charge in [-0.2, -0.15) is 0 Å². The van der Waals surface area contributed by atoms with Gasteiger partial charge < -0.3 is 14.2 Å². The van der Waals surface area contributed by atoms with Gasteiger partial charge in [-0.1, -0.05) is 202 Å². The molecule has 0 fully saturated rings. The average Bonchev–Trinajstić information content (AvgIpc) is 3.27. The summed E-state index contributed by atoms with van der Waals surface area (Å²) in [7, 11) is 0. The molecule has 0 saturated heterocycles. The quantitative estimate of drug-likeness (QED) is 0.0346. The Morgan fingerprint density at radius 3 is 1.23 bits per heavy atom. The van der Waals surface area contributed by atoms with Gasteiger partial charge in [-0.05, 0) is 109 Å². The molecule has 0 radical (unpaired) electrons. The number of hydrogen-bond acceptors (Lipinski definition) is 5. The van der Waals surface area contributed by atoms with Gasteiger partial charge in [0.05, 0.1) is 6.61 Å². The molecule has 62 heavy (non-hydrogen) atoms. The summed E-state index contributed by atoms with van der Waals surface area (Å²) in [5, 5.41) is 0. The van der Waals surface area contributed by atoms with Crippen LogP contribution in [-0.4, -0.2) is 37.9 Å². The molecule has 5 heteroatoms. The first-order chi connectivity index (χ1) is 30.6. The summed E-state index contributed by atoms with van der Waals surface area (Å²) in [5.41, 5.74) is 0. The Morgan fingerprint density at radius 1 is 0.371 bits per heavy atom. The Balaban J connectivity index is 4.32. The third-order valence-electron chi connectivity index (χ3n) is 10.9. The molecule has 356 valence electrons. The van der Waals surface area contributed by atoms with Crippen LogP contribution in [0.3, 0.4) is 0 Å². The molecule has 0 aromatic heterocycles. The molecule has 0 rings (SSSR count). The Kier molecular flexibility index (Phi) is 50.0. The molecule has 0 amide bonds. The number of allylic oxidation sites excluding steroid dienone is 14. The van der Waals surface area contributed by atoms with Crippen LogP contribution < -0.4 is 0 Å². The summed E-state index contributed by atoms with van der Waals surface area (Å²) < 4.78 is 17.4. The highest BCUT2D eigenvalue weighted by atomic mass is 16.6. The van der Waals surface area contributed by atoms with Crippen molar-refractivity contribution in [2.75, 3.05) is 19.8 Å². The summed E-state index contributed by atoms with van der Waals surface area (Å²) in [5.74, 6) is -0.431. The lowest BCUT2D eigenvalue weighted by Crippen LogP contribution is -2.30.